The fourth-order valence-corrected chi connectivity index (χ4v) is 2.50. The minimum Gasteiger partial charge on any atom is -0.141 e. The van der Waals surface area contributed by atoms with Crippen molar-refractivity contribution in [1.82, 2.24) is 0 Å². The van der Waals surface area contributed by atoms with Gasteiger partial charge in [0.2, 0.25) is 0 Å². The molecule has 1 rings (SSSR count). The van der Waals surface area contributed by atoms with Crippen LogP contribution >= 0.6 is 19.4 Å². The highest BCUT2D eigenvalue weighted by atomic mass is 32.1. The Morgan fingerprint density at radius 3 is 3.08 bits per heavy atom. The van der Waals surface area contributed by atoms with Gasteiger partial charge in [0.1, 0.15) is 6.61 Å². The Bertz CT molecular complexity index is 233. The van der Waals surface area contributed by atoms with Crippen LogP contribution in [0.2, 0.25) is 0 Å². The van der Waals surface area contributed by atoms with Gasteiger partial charge in [0.25, 0.3) is 4.62 Å². The van der Waals surface area contributed by atoms with Crippen molar-refractivity contribution in [1.29, 1.82) is 0 Å². The third-order valence-corrected chi connectivity index (χ3v) is 3.75. The molecule has 1 unspecified atom stereocenters. The van der Waals surface area contributed by atoms with Crippen molar-refractivity contribution in [3.05, 3.63) is 17.5 Å². The van der Waals surface area contributed by atoms with Crippen LogP contribution in [0.25, 0.3) is 0 Å². The van der Waals surface area contributed by atoms with Crippen molar-refractivity contribution in [2.75, 3.05) is 6.61 Å². The Balaban J connectivity index is 2.30. The van der Waals surface area contributed by atoms with Crippen LogP contribution in [0.15, 0.2) is 17.5 Å². The molecule has 0 aliphatic carbocycles. The first-order valence-corrected chi connectivity index (χ1v) is 6.04. The maximum atomic E-state index is 11.3. The molecule has 0 fully saturated rings. The van der Waals surface area contributed by atoms with Crippen LogP contribution < -0.4 is 4.62 Å². The Labute approximate surface area is 77.4 Å². The van der Waals surface area contributed by atoms with Crippen molar-refractivity contribution in [3.63, 3.8) is 0 Å². The first-order valence-electron chi connectivity index (χ1n) is 3.98. The van der Waals surface area contributed by atoms with Crippen molar-refractivity contribution in [3.8, 4) is 0 Å². The predicted molar refractivity (Wildman–Crippen MR) is 52.4 cm³/mol. The second kappa shape index (κ2) is 5.41. The van der Waals surface area contributed by atoms with E-state index in [9.17, 15) is 4.57 Å². The van der Waals surface area contributed by atoms with Gasteiger partial charge in [-0.15, -0.1) is 4.52 Å². The molecule has 0 spiro atoms. The number of hydrogen-bond acceptors (Lipinski definition) is 3. The largest absolute Gasteiger partial charge is 0.559 e. The second-order valence-corrected chi connectivity index (χ2v) is 4.90. The van der Waals surface area contributed by atoms with Gasteiger partial charge in [0, 0.05) is 6.07 Å². The number of rotatable bonds is 5. The van der Waals surface area contributed by atoms with E-state index in [1.165, 1.54) is 11.3 Å². The molecule has 0 aliphatic rings. The van der Waals surface area contributed by atoms with Crippen LogP contribution in [0.1, 0.15) is 19.8 Å². The first kappa shape index (κ1) is 9.85. The average Bonchev–Trinajstić information content (AvgIpc) is 2.56. The molecule has 4 heteroatoms. The molecule has 0 aliphatic heterocycles. The molecule has 0 aromatic carbocycles. The van der Waals surface area contributed by atoms with Crippen LogP contribution in [-0.2, 0) is 9.09 Å². The van der Waals surface area contributed by atoms with E-state index in [1.807, 2.05) is 17.5 Å². The molecule has 0 N–H and O–H groups in total. The second-order valence-electron chi connectivity index (χ2n) is 2.40. The van der Waals surface area contributed by atoms with Crippen LogP contribution in [-0.4, -0.2) is 6.61 Å². The molecule has 1 atom stereocenters. The zero-order chi connectivity index (χ0) is 8.81. The summed E-state index contributed by atoms with van der Waals surface area (Å²) in [5, 5.41) is 1.91. The molecular formula is C8H12O2PS+. The number of thiophene rings is 1. The molecule has 1 heterocycles. The summed E-state index contributed by atoms with van der Waals surface area (Å²) in [7, 11) is -1.58. The maximum absolute atomic E-state index is 11.3. The Morgan fingerprint density at radius 2 is 2.50 bits per heavy atom. The van der Waals surface area contributed by atoms with E-state index >= 15 is 0 Å². The number of unbranched alkanes of at least 4 members (excludes halogenated alkanes) is 1. The van der Waals surface area contributed by atoms with Crippen LogP contribution in [0.5, 0.6) is 0 Å². The minimum atomic E-state index is -1.58. The quantitative estimate of drug-likeness (QED) is 0.543. The lowest BCUT2D eigenvalue weighted by Crippen LogP contribution is -1.92. The van der Waals surface area contributed by atoms with Gasteiger partial charge in [-0.25, -0.2) is 0 Å². The average molecular weight is 203 g/mol. The normalized spacial score (nSPS) is 11.6. The van der Waals surface area contributed by atoms with E-state index in [-0.39, 0.29) is 0 Å². The highest BCUT2D eigenvalue weighted by molar-refractivity contribution is 7.57. The SMILES string of the molecule is CCCCO[P+](=O)c1cccs1. The van der Waals surface area contributed by atoms with Crippen molar-refractivity contribution < 1.29 is 9.09 Å². The van der Waals surface area contributed by atoms with Gasteiger partial charge in [0.15, 0.2) is 0 Å². The van der Waals surface area contributed by atoms with Gasteiger partial charge in [-0.1, -0.05) is 24.7 Å². The summed E-state index contributed by atoms with van der Waals surface area (Å²) in [6, 6.07) is 3.73. The van der Waals surface area contributed by atoms with Gasteiger partial charge in [-0.05, 0) is 22.4 Å². The molecule has 0 saturated carbocycles. The van der Waals surface area contributed by atoms with Gasteiger partial charge in [-0.2, -0.15) is 0 Å². The zero-order valence-corrected chi connectivity index (χ0v) is 8.74. The van der Waals surface area contributed by atoms with Crippen LogP contribution in [0.4, 0.5) is 0 Å². The molecule has 1 aromatic rings. The summed E-state index contributed by atoms with van der Waals surface area (Å²) in [5.74, 6) is 0. The highest BCUT2D eigenvalue weighted by Crippen LogP contribution is 2.24. The summed E-state index contributed by atoms with van der Waals surface area (Å²) in [6.07, 6.45) is 2.06. The van der Waals surface area contributed by atoms with E-state index < -0.39 is 8.03 Å². The molecule has 1 aromatic heterocycles. The molecule has 0 amide bonds. The Hall–Kier alpha value is -0.240. The number of hydrogen-bond donors (Lipinski definition) is 0. The summed E-state index contributed by atoms with van der Waals surface area (Å²) in [5.41, 5.74) is 0. The summed E-state index contributed by atoms with van der Waals surface area (Å²) >= 11 is 1.48. The van der Waals surface area contributed by atoms with Crippen molar-refractivity contribution in [2.24, 2.45) is 0 Å². The predicted octanol–water partition coefficient (Wildman–Crippen LogP) is 2.93. The van der Waals surface area contributed by atoms with Gasteiger partial charge < -0.3 is 0 Å². The van der Waals surface area contributed by atoms with E-state index in [1.54, 1.807) is 0 Å². The standard InChI is InChI=1S/C8H12O2PS/c1-2-3-6-10-11(9)8-5-4-7-12-8/h4-5,7H,2-3,6H2,1H3/q+1. The summed E-state index contributed by atoms with van der Waals surface area (Å²) < 4.78 is 17.3. The maximum Gasteiger partial charge on any atom is 0.559 e. The molecule has 66 valence electrons. The van der Waals surface area contributed by atoms with Crippen molar-refractivity contribution in [2.45, 2.75) is 19.8 Å². The third kappa shape index (κ3) is 3.02. The van der Waals surface area contributed by atoms with Gasteiger partial charge in [-0.3, -0.25) is 0 Å². The molecule has 12 heavy (non-hydrogen) atoms. The summed E-state index contributed by atoms with van der Waals surface area (Å²) in [6.45, 7) is 2.69. The molecule has 0 saturated heterocycles. The topological polar surface area (TPSA) is 26.3 Å². The molecular weight excluding hydrogens is 191 g/mol. The van der Waals surface area contributed by atoms with Gasteiger partial charge in [0.05, 0.1) is 0 Å². The molecule has 2 nitrogen and oxygen atoms in total. The van der Waals surface area contributed by atoms with Crippen molar-refractivity contribution >= 4 is 24.0 Å². The van der Waals surface area contributed by atoms with Gasteiger partial charge >= 0.3 is 8.03 Å². The van der Waals surface area contributed by atoms with Crippen LogP contribution in [0, 0.1) is 0 Å². The van der Waals surface area contributed by atoms with Crippen LogP contribution in [0.3, 0.4) is 0 Å². The fourth-order valence-electron chi connectivity index (χ4n) is 0.729. The van der Waals surface area contributed by atoms with E-state index in [4.69, 9.17) is 4.52 Å². The zero-order valence-electron chi connectivity index (χ0n) is 7.03. The highest BCUT2D eigenvalue weighted by Gasteiger charge is 2.22. The fraction of sp³-hybridized carbons (Fsp3) is 0.500. The van der Waals surface area contributed by atoms with E-state index in [0.717, 1.165) is 17.5 Å². The first-order chi connectivity index (χ1) is 5.84. The Kier molecular flexibility index (Phi) is 4.44. The smallest absolute Gasteiger partial charge is 0.141 e. The lowest BCUT2D eigenvalue weighted by molar-refractivity contribution is 0.327. The van der Waals surface area contributed by atoms with E-state index in [0.29, 0.717) is 6.61 Å². The lowest BCUT2D eigenvalue weighted by Gasteiger charge is -1.86. The third-order valence-electron chi connectivity index (χ3n) is 1.39. The summed E-state index contributed by atoms with van der Waals surface area (Å²) in [4.78, 5) is 0. The minimum absolute atomic E-state index is 0.601. The monoisotopic (exact) mass is 203 g/mol. The Morgan fingerprint density at radius 1 is 1.67 bits per heavy atom. The molecule has 0 radical (unpaired) electrons. The lowest BCUT2D eigenvalue weighted by atomic mass is 10.4. The molecule has 0 bridgehead atoms. The van der Waals surface area contributed by atoms with E-state index in [2.05, 4.69) is 6.92 Å².